The molecular formula is C20H17FN8. The minimum absolute atomic E-state index is 0.315. The summed E-state index contributed by atoms with van der Waals surface area (Å²) in [5.41, 5.74) is 2.30. The molecule has 0 fully saturated rings. The van der Waals surface area contributed by atoms with Gasteiger partial charge in [0.15, 0.2) is 0 Å². The largest absolute Gasteiger partial charge is 0.348 e. The number of rotatable bonds is 7. The first-order valence-electron chi connectivity index (χ1n) is 8.84. The van der Waals surface area contributed by atoms with Crippen LogP contribution < -0.4 is 16.0 Å². The van der Waals surface area contributed by atoms with Crippen LogP contribution in [0.3, 0.4) is 0 Å². The average Bonchev–Trinajstić information content (AvgIpc) is 2.75. The molecule has 2 aromatic carbocycles. The molecule has 0 amide bonds. The monoisotopic (exact) mass is 388 g/mol. The summed E-state index contributed by atoms with van der Waals surface area (Å²) in [6.45, 7) is 0.424. The Morgan fingerprint density at radius 3 is 2.03 bits per heavy atom. The summed E-state index contributed by atoms with van der Waals surface area (Å²) >= 11 is 0. The first-order valence-corrected chi connectivity index (χ1v) is 8.84. The summed E-state index contributed by atoms with van der Waals surface area (Å²) in [6, 6.07) is 17.3. The van der Waals surface area contributed by atoms with Gasteiger partial charge in [-0.05, 0) is 42.5 Å². The lowest BCUT2D eigenvalue weighted by molar-refractivity contribution is 0.628. The number of hydrogen-bond acceptors (Lipinski definition) is 8. The zero-order valence-electron chi connectivity index (χ0n) is 15.2. The zero-order chi connectivity index (χ0) is 19.9. The molecule has 144 valence electrons. The molecule has 0 aliphatic carbocycles. The van der Waals surface area contributed by atoms with Gasteiger partial charge in [0.25, 0.3) is 0 Å². The Labute approximate surface area is 166 Å². The summed E-state index contributed by atoms with van der Waals surface area (Å²) in [6.07, 6.45) is 3.15. The van der Waals surface area contributed by atoms with Crippen molar-refractivity contribution in [3.05, 3.63) is 84.7 Å². The molecule has 4 rings (SSSR count). The van der Waals surface area contributed by atoms with Crippen LogP contribution in [0.5, 0.6) is 0 Å². The average molecular weight is 388 g/mol. The summed E-state index contributed by atoms with van der Waals surface area (Å²) < 4.78 is 13.2. The molecule has 0 unspecified atom stereocenters. The maximum absolute atomic E-state index is 13.2. The van der Waals surface area contributed by atoms with Gasteiger partial charge in [-0.15, -0.1) is 0 Å². The number of nitrogens with one attached hydrogen (secondary N) is 3. The molecule has 0 radical (unpaired) electrons. The highest BCUT2D eigenvalue weighted by Gasteiger charge is 2.08. The predicted octanol–water partition coefficient (Wildman–Crippen LogP) is 3.90. The maximum atomic E-state index is 13.2. The Kier molecular flexibility index (Phi) is 5.47. The van der Waals surface area contributed by atoms with Crippen molar-refractivity contribution in [2.45, 2.75) is 6.54 Å². The molecule has 0 saturated carbocycles. The van der Waals surface area contributed by atoms with Crippen LogP contribution in [-0.4, -0.2) is 24.9 Å². The smallest absolute Gasteiger partial charge is 0.233 e. The van der Waals surface area contributed by atoms with E-state index in [1.807, 2.05) is 30.3 Å². The standard InChI is InChI=1S/C20H17FN8/c21-14-6-8-16(9-7-14)26-20-28-18(23-12-17-10-11-22-13-24-17)27-19(29-20)25-15-4-2-1-3-5-15/h1-11,13H,12H2,(H3,23,25,26,27,28,29). The highest BCUT2D eigenvalue weighted by atomic mass is 19.1. The van der Waals surface area contributed by atoms with Gasteiger partial charge in [0.2, 0.25) is 17.8 Å². The molecule has 8 nitrogen and oxygen atoms in total. The van der Waals surface area contributed by atoms with E-state index >= 15 is 0 Å². The molecule has 0 aliphatic heterocycles. The molecule has 2 heterocycles. The van der Waals surface area contributed by atoms with Crippen molar-refractivity contribution in [2.24, 2.45) is 0 Å². The molecular weight excluding hydrogens is 371 g/mol. The van der Waals surface area contributed by atoms with Crippen LogP contribution in [0.4, 0.5) is 33.6 Å². The van der Waals surface area contributed by atoms with Gasteiger partial charge in [0.05, 0.1) is 12.2 Å². The quantitative estimate of drug-likeness (QED) is 0.438. The van der Waals surface area contributed by atoms with Crippen molar-refractivity contribution >= 4 is 29.2 Å². The fraction of sp³-hybridized carbons (Fsp3) is 0.0500. The second-order valence-electron chi connectivity index (χ2n) is 5.98. The molecule has 3 N–H and O–H groups in total. The van der Waals surface area contributed by atoms with Gasteiger partial charge >= 0.3 is 0 Å². The first kappa shape index (κ1) is 18.2. The van der Waals surface area contributed by atoms with Crippen molar-refractivity contribution in [1.29, 1.82) is 0 Å². The van der Waals surface area contributed by atoms with Gasteiger partial charge in [-0.25, -0.2) is 14.4 Å². The van der Waals surface area contributed by atoms with Crippen molar-refractivity contribution in [2.75, 3.05) is 16.0 Å². The van der Waals surface area contributed by atoms with Crippen LogP contribution in [0.25, 0.3) is 0 Å². The van der Waals surface area contributed by atoms with Crippen LogP contribution in [-0.2, 0) is 6.54 Å². The van der Waals surface area contributed by atoms with E-state index in [0.717, 1.165) is 11.4 Å². The second-order valence-corrected chi connectivity index (χ2v) is 5.98. The molecule has 4 aromatic rings. The molecule has 0 saturated heterocycles. The molecule has 0 bridgehead atoms. The third-order valence-electron chi connectivity index (χ3n) is 3.84. The summed E-state index contributed by atoms with van der Waals surface area (Å²) in [4.78, 5) is 21.3. The van der Waals surface area contributed by atoms with Gasteiger partial charge in [0.1, 0.15) is 12.1 Å². The van der Waals surface area contributed by atoms with E-state index in [2.05, 4.69) is 40.9 Å². The van der Waals surface area contributed by atoms with Gasteiger partial charge in [-0.1, -0.05) is 18.2 Å². The molecule has 29 heavy (non-hydrogen) atoms. The first-order chi connectivity index (χ1) is 14.2. The van der Waals surface area contributed by atoms with Crippen LogP contribution >= 0.6 is 0 Å². The third kappa shape index (κ3) is 5.19. The fourth-order valence-corrected chi connectivity index (χ4v) is 2.47. The van der Waals surface area contributed by atoms with Gasteiger partial charge in [-0.2, -0.15) is 15.0 Å². The van der Waals surface area contributed by atoms with Crippen LogP contribution in [0.2, 0.25) is 0 Å². The number of halogens is 1. The minimum Gasteiger partial charge on any atom is -0.348 e. The van der Waals surface area contributed by atoms with Gasteiger partial charge in [0, 0.05) is 17.6 Å². The maximum Gasteiger partial charge on any atom is 0.233 e. The van der Waals surface area contributed by atoms with E-state index in [4.69, 9.17) is 0 Å². The van der Waals surface area contributed by atoms with E-state index in [1.54, 1.807) is 24.4 Å². The zero-order valence-corrected chi connectivity index (χ0v) is 15.2. The third-order valence-corrected chi connectivity index (χ3v) is 3.84. The van der Waals surface area contributed by atoms with Gasteiger partial charge < -0.3 is 16.0 Å². The van der Waals surface area contributed by atoms with E-state index in [-0.39, 0.29) is 5.82 Å². The highest BCUT2D eigenvalue weighted by molar-refractivity contribution is 5.59. The van der Waals surface area contributed by atoms with E-state index < -0.39 is 0 Å². The molecule has 0 spiro atoms. The summed E-state index contributed by atoms with van der Waals surface area (Å²) in [7, 11) is 0. The Bertz CT molecular complexity index is 1060. The number of para-hydroxylation sites is 1. The predicted molar refractivity (Wildman–Crippen MR) is 109 cm³/mol. The van der Waals surface area contributed by atoms with Crippen LogP contribution in [0, 0.1) is 5.82 Å². The van der Waals surface area contributed by atoms with Crippen molar-refractivity contribution in [3.8, 4) is 0 Å². The Balaban J connectivity index is 1.58. The Morgan fingerprint density at radius 1 is 0.724 bits per heavy atom. The second kappa shape index (κ2) is 8.70. The SMILES string of the molecule is Fc1ccc(Nc2nc(NCc3ccncn3)nc(Nc3ccccc3)n2)cc1. The van der Waals surface area contributed by atoms with E-state index in [9.17, 15) is 4.39 Å². The molecule has 2 aromatic heterocycles. The summed E-state index contributed by atoms with van der Waals surface area (Å²) in [5, 5.41) is 9.34. The topological polar surface area (TPSA) is 101 Å². The van der Waals surface area contributed by atoms with E-state index in [1.165, 1.54) is 18.5 Å². The normalized spacial score (nSPS) is 10.4. The Hall–Kier alpha value is -4.14. The number of benzene rings is 2. The molecule has 9 heteroatoms. The van der Waals surface area contributed by atoms with Crippen LogP contribution in [0.1, 0.15) is 5.69 Å². The minimum atomic E-state index is -0.315. The Morgan fingerprint density at radius 2 is 1.38 bits per heavy atom. The fourth-order valence-electron chi connectivity index (χ4n) is 2.47. The van der Waals surface area contributed by atoms with E-state index in [0.29, 0.717) is 30.1 Å². The summed E-state index contributed by atoms with van der Waals surface area (Å²) in [5.74, 6) is 0.725. The number of hydrogen-bond donors (Lipinski definition) is 3. The lowest BCUT2D eigenvalue weighted by Crippen LogP contribution is -2.10. The van der Waals surface area contributed by atoms with Gasteiger partial charge in [-0.3, -0.25) is 0 Å². The number of aromatic nitrogens is 5. The molecule has 0 atom stereocenters. The molecule has 0 aliphatic rings. The van der Waals surface area contributed by atoms with Crippen molar-refractivity contribution in [3.63, 3.8) is 0 Å². The lowest BCUT2D eigenvalue weighted by atomic mass is 10.3. The van der Waals surface area contributed by atoms with Crippen molar-refractivity contribution in [1.82, 2.24) is 24.9 Å². The number of anilines is 5. The van der Waals surface area contributed by atoms with Crippen LogP contribution in [0.15, 0.2) is 73.2 Å². The highest BCUT2D eigenvalue weighted by Crippen LogP contribution is 2.19. The lowest BCUT2D eigenvalue weighted by Gasteiger charge is -2.11. The number of nitrogens with zero attached hydrogens (tertiary/aromatic N) is 5. The van der Waals surface area contributed by atoms with Crippen molar-refractivity contribution < 1.29 is 4.39 Å².